The molecule has 1 aromatic heterocycles. The van der Waals surface area contributed by atoms with Gasteiger partial charge in [-0.25, -0.2) is 0 Å². The summed E-state index contributed by atoms with van der Waals surface area (Å²) < 4.78 is 5.31. The van der Waals surface area contributed by atoms with E-state index in [1.54, 1.807) is 23.1 Å². The van der Waals surface area contributed by atoms with E-state index in [0.717, 1.165) is 5.52 Å². The van der Waals surface area contributed by atoms with Crippen molar-refractivity contribution in [2.24, 2.45) is 0 Å². The summed E-state index contributed by atoms with van der Waals surface area (Å²) in [5.41, 5.74) is 1.86. The summed E-state index contributed by atoms with van der Waals surface area (Å²) in [5.74, 6) is -0.127. The normalized spacial score (nSPS) is 16.0. The van der Waals surface area contributed by atoms with Gasteiger partial charge in [0, 0.05) is 31.6 Å². The summed E-state index contributed by atoms with van der Waals surface area (Å²) in [6, 6.07) is 5.17. The average Bonchev–Trinajstić information content (AvgIpc) is 2.66. The van der Waals surface area contributed by atoms with Gasteiger partial charge in [-0.2, -0.15) is 0 Å². The van der Waals surface area contributed by atoms with Crippen LogP contribution in [0.3, 0.4) is 0 Å². The molecule has 2 N–H and O–H groups in total. The largest absolute Gasteiger partial charge is 0.429 e. The first-order chi connectivity index (χ1) is 9.63. The molecule has 0 radical (unpaired) electrons. The average molecular weight is 291 g/mol. The highest BCUT2D eigenvalue weighted by Gasteiger charge is 2.20. The van der Waals surface area contributed by atoms with Crippen LogP contribution in [-0.2, 0) is 4.79 Å². The maximum Gasteiger partial charge on any atom is 0.266 e. The Balaban J connectivity index is 1.87. The molecule has 2 heterocycles. The fraction of sp³-hybridized carbons (Fsp3) is 0.308. The highest BCUT2D eigenvalue weighted by atomic mass is 32.1. The molecule has 2 amide bonds. The molecule has 6 nitrogen and oxygen atoms in total. The number of H-pyrrole nitrogens is 1. The van der Waals surface area contributed by atoms with Crippen LogP contribution < -0.4 is 5.32 Å². The van der Waals surface area contributed by atoms with Crippen LogP contribution in [0.1, 0.15) is 16.8 Å². The second kappa shape index (κ2) is 5.09. The van der Waals surface area contributed by atoms with Crippen LogP contribution in [0.4, 0.5) is 0 Å². The summed E-state index contributed by atoms with van der Waals surface area (Å²) in [4.78, 5) is 28.5. The molecule has 0 aliphatic carbocycles. The Labute approximate surface area is 119 Å². The van der Waals surface area contributed by atoms with Gasteiger partial charge in [-0.3, -0.25) is 9.59 Å². The first kappa shape index (κ1) is 12.9. The molecule has 1 aliphatic rings. The number of hydrogen-bond acceptors (Lipinski definition) is 4. The van der Waals surface area contributed by atoms with Crippen molar-refractivity contribution in [1.82, 2.24) is 15.2 Å². The molecule has 1 aliphatic heterocycles. The van der Waals surface area contributed by atoms with E-state index in [2.05, 4.69) is 10.3 Å². The monoisotopic (exact) mass is 291 g/mol. The third kappa shape index (κ3) is 2.44. The molecule has 2 aromatic rings. The number of nitrogens with one attached hydrogen (secondary N) is 2. The number of carbonyl (C=O) groups excluding carboxylic acids is 2. The minimum absolute atomic E-state index is 0.0212. The molecule has 0 bridgehead atoms. The molecule has 0 unspecified atom stereocenters. The lowest BCUT2D eigenvalue weighted by Crippen LogP contribution is -2.34. The summed E-state index contributed by atoms with van der Waals surface area (Å²) in [7, 11) is 0. The molecule has 1 aromatic carbocycles. The van der Waals surface area contributed by atoms with Crippen LogP contribution in [0.2, 0.25) is 0 Å². The maximum absolute atomic E-state index is 12.4. The number of aromatic amines is 1. The van der Waals surface area contributed by atoms with Crippen molar-refractivity contribution in [3.8, 4) is 0 Å². The number of oxazole rings is 1. The molecule has 104 valence electrons. The van der Waals surface area contributed by atoms with Gasteiger partial charge >= 0.3 is 0 Å². The van der Waals surface area contributed by atoms with Crippen LogP contribution in [0.15, 0.2) is 22.6 Å². The molecule has 20 heavy (non-hydrogen) atoms. The number of hydrogen-bond donors (Lipinski definition) is 2. The van der Waals surface area contributed by atoms with Gasteiger partial charge in [0.05, 0.1) is 5.52 Å². The maximum atomic E-state index is 12.4. The van der Waals surface area contributed by atoms with Crippen molar-refractivity contribution >= 4 is 35.1 Å². The third-order valence-electron chi connectivity index (χ3n) is 3.27. The van der Waals surface area contributed by atoms with Crippen molar-refractivity contribution in [3.63, 3.8) is 0 Å². The summed E-state index contributed by atoms with van der Waals surface area (Å²) in [6.45, 7) is 1.43. The van der Waals surface area contributed by atoms with Crippen molar-refractivity contribution < 1.29 is 14.0 Å². The van der Waals surface area contributed by atoms with E-state index >= 15 is 0 Å². The van der Waals surface area contributed by atoms with Crippen LogP contribution in [0, 0.1) is 4.84 Å². The quantitative estimate of drug-likeness (QED) is 0.780. The van der Waals surface area contributed by atoms with Crippen molar-refractivity contribution in [2.45, 2.75) is 6.42 Å². The number of amides is 2. The second-order valence-corrected chi connectivity index (χ2v) is 4.99. The number of rotatable bonds is 1. The van der Waals surface area contributed by atoms with E-state index in [4.69, 9.17) is 16.6 Å². The molecule has 3 rings (SSSR count). The van der Waals surface area contributed by atoms with Crippen molar-refractivity contribution in [3.05, 3.63) is 28.6 Å². The lowest BCUT2D eigenvalue weighted by atomic mass is 10.1. The molecule has 1 fully saturated rings. The minimum Gasteiger partial charge on any atom is -0.429 e. The molecule has 7 heteroatoms. The SMILES string of the molecule is O=C1CCN(C(=O)c2ccc3[nH]c(=S)oc3c2)CCN1. The van der Waals surface area contributed by atoms with Gasteiger partial charge in [0.2, 0.25) is 5.91 Å². The van der Waals surface area contributed by atoms with E-state index in [-0.39, 0.29) is 16.7 Å². The first-order valence-corrected chi connectivity index (χ1v) is 6.73. The third-order valence-corrected chi connectivity index (χ3v) is 3.45. The smallest absolute Gasteiger partial charge is 0.266 e. The predicted molar refractivity (Wildman–Crippen MR) is 74.9 cm³/mol. The van der Waals surface area contributed by atoms with Crippen LogP contribution in [0.5, 0.6) is 0 Å². The zero-order valence-electron chi connectivity index (χ0n) is 10.6. The lowest BCUT2D eigenvalue weighted by molar-refractivity contribution is -0.120. The molecular weight excluding hydrogens is 278 g/mol. The Morgan fingerprint density at radius 2 is 2.20 bits per heavy atom. The number of carbonyl (C=O) groups is 2. The number of nitrogens with zero attached hydrogens (tertiary/aromatic N) is 1. The second-order valence-electron chi connectivity index (χ2n) is 4.62. The fourth-order valence-corrected chi connectivity index (χ4v) is 2.43. The standard InChI is InChI=1S/C13H13N3O3S/c17-11-3-5-16(6-4-14-11)12(18)8-1-2-9-10(7-8)19-13(20)15-9/h1-2,7H,3-6H2,(H,14,17)(H,15,20). The molecule has 0 saturated carbocycles. The van der Waals surface area contributed by atoms with E-state index in [9.17, 15) is 9.59 Å². The molecular formula is C13H13N3O3S. The Morgan fingerprint density at radius 1 is 1.35 bits per heavy atom. The molecule has 0 atom stereocenters. The zero-order valence-corrected chi connectivity index (χ0v) is 11.5. The Hall–Kier alpha value is -2.15. The summed E-state index contributed by atoms with van der Waals surface area (Å²) in [5, 5.41) is 2.74. The number of aromatic nitrogens is 1. The summed E-state index contributed by atoms with van der Waals surface area (Å²) in [6.07, 6.45) is 0.332. The van der Waals surface area contributed by atoms with Gasteiger partial charge in [-0.1, -0.05) is 0 Å². The predicted octanol–water partition coefficient (Wildman–Crippen LogP) is 1.45. The van der Waals surface area contributed by atoms with Gasteiger partial charge in [-0.15, -0.1) is 0 Å². The van der Waals surface area contributed by atoms with Crippen molar-refractivity contribution in [1.29, 1.82) is 0 Å². The van der Waals surface area contributed by atoms with Crippen LogP contribution in [-0.4, -0.2) is 41.3 Å². The Kier molecular flexibility index (Phi) is 3.27. The Morgan fingerprint density at radius 3 is 3.05 bits per heavy atom. The lowest BCUT2D eigenvalue weighted by Gasteiger charge is -2.19. The molecule has 1 saturated heterocycles. The van der Waals surface area contributed by atoms with Gasteiger partial charge < -0.3 is 19.6 Å². The topological polar surface area (TPSA) is 78.3 Å². The Bertz CT molecular complexity index is 734. The van der Waals surface area contributed by atoms with Gasteiger partial charge in [0.25, 0.3) is 10.7 Å². The van der Waals surface area contributed by atoms with E-state index in [1.165, 1.54) is 0 Å². The minimum atomic E-state index is -0.106. The van der Waals surface area contributed by atoms with Crippen LogP contribution >= 0.6 is 12.2 Å². The zero-order chi connectivity index (χ0) is 14.1. The molecule has 0 spiro atoms. The van der Waals surface area contributed by atoms with Gasteiger partial charge in [0.1, 0.15) is 0 Å². The number of benzene rings is 1. The van der Waals surface area contributed by atoms with Gasteiger partial charge in [-0.05, 0) is 30.4 Å². The summed E-state index contributed by atoms with van der Waals surface area (Å²) >= 11 is 4.91. The van der Waals surface area contributed by atoms with Crippen LogP contribution in [0.25, 0.3) is 11.1 Å². The van der Waals surface area contributed by atoms with E-state index in [0.29, 0.717) is 37.2 Å². The van der Waals surface area contributed by atoms with E-state index < -0.39 is 0 Å². The first-order valence-electron chi connectivity index (χ1n) is 6.32. The highest BCUT2D eigenvalue weighted by Crippen LogP contribution is 2.17. The van der Waals surface area contributed by atoms with E-state index in [1.807, 2.05) is 0 Å². The van der Waals surface area contributed by atoms with Crippen molar-refractivity contribution in [2.75, 3.05) is 19.6 Å². The number of fused-ring (bicyclic) bond motifs is 1. The van der Waals surface area contributed by atoms with Gasteiger partial charge in [0.15, 0.2) is 5.58 Å². The fourth-order valence-electron chi connectivity index (χ4n) is 2.23. The highest BCUT2D eigenvalue weighted by molar-refractivity contribution is 7.71.